The van der Waals surface area contributed by atoms with E-state index in [4.69, 9.17) is 16.3 Å². The lowest BCUT2D eigenvalue weighted by Crippen LogP contribution is -2.42. The van der Waals surface area contributed by atoms with Crippen molar-refractivity contribution in [3.63, 3.8) is 0 Å². The molecule has 3 N–H and O–H groups in total. The van der Waals surface area contributed by atoms with E-state index in [0.29, 0.717) is 22.9 Å². The van der Waals surface area contributed by atoms with Gasteiger partial charge in [0.1, 0.15) is 12.4 Å². The van der Waals surface area contributed by atoms with Crippen molar-refractivity contribution in [2.24, 2.45) is 4.99 Å². The lowest BCUT2D eigenvalue weighted by Gasteiger charge is -2.24. The van der Waals surface area contributed by atoms with Gasteiger partial charge in [0.15, 0.2) is 5.54 Å². The lowest BCUT2D eigenvalue weighted by molar-refractivity contribution is -0.149. The van der Waals surface area contributed by atoms with E-state index < -0.39 is 29.4 Å². The molecule has 0 bridgehead atoms. The fourth-order valence-corrected chi connectivity index (χ4v) is 4.23. The number of hydrogen-bond acceptors (Lipinski definition) is 7. The van der Waals surface area contributed by atoms with Crippen molar-refractivity contribution in [1.29, 1.82) is 0 Å². The minimum Gasteiger partial charge on any atom is -0.481 e. The Labute approximate surface area is 230 Å². The summed E-state index contributed by atoms with van der Waals surface area (Å²) < 4.78 is 5.39. The number of aromatic nitrogens is 1. The largest absolute Gasteiger partial charge is 0.481 e. The summed E-state index contributed by atoms with van der Waals surface area (Å²) in [4.78, 5) is 45.9. The Morgan fingerprint density at radius 2 is 1.72 bits per heavy atom. The number of carbonyl (C=O) groups excluding carboxylic acids is 2. The molecule has 0 saturated heterocycles. The van der Waals surface area contributed by atoms with E-state index in [9.17, 15) is 19.5 Å². The first kappa shape index (κ1) is 27.5. The van der Waals surface area contributed by atoms with Crippen LogP contribution in [0.2, 0.25) is 5.02 Å². The highest BCUT2D eigenvalue weighted by Crippen LogP contribution is 2.27. The fraction of sp³-hybridized carbons (Fsp3) is 0.207. The predicted molar refractivity (Wildman–Crippen MR) is 149 cm³/mol. The van der Waals surface area contributed by atoms with Crippen LogP contribution in [0.1, 0.15) is 24.4 Å². The minimum absolute atomic E-state index is 0.0454. The number of aliphatic carboxylic acids is 1. The van der Waals surface area contributed by atoms with Crippen molar-refractivity contribution in [3.05, 3.63) is 95.7 Å². The van der Waals surface area contributed by atoms with Gasteiger partial charge in [0.2, 0.25) is 5.91 Å². The molecule has 2 aromatic carbocycles. The Balaban J connectivity index is 1.38. The molecule has 4 rings (SSSR count). The van der Waals surface area contributed by atoms with Gasteiger partial charge in [-0.2, -0.15) is 0 Å². The number of nitrogens with one attached hydrogen (secondary N) is 2. The molecular formula is C29H27ClN4O5. The van der Waals surface area contributed by atoms with E-state index in [1.165, 1.54) is 12.3 Å². The van der Waals surface area contributed by atoms with Crippen LogP contribution in [0.25, 0.3) is 11.1 Å². The average molecular weight is 547 g/mol. The van der Waals surface area contributed by atoms with Crippen LogP contribution in [-0.2, 0) is 19.1 Å². The molecule has 2 unspecified atom stereocenters. The molecule has 0 aliphatic carbocycles. The van der Waals surface area contributed by atoms with Gasteiger partial charge in [-0.3, -0.25) is 14.6 Å². The molecule has 2 heterocycles. The van der Waals surface area contributed by atoms with E-state index in [2.05, 4.69) is 20.6 Å². The van der Waals surface area contributed by atoms with Crippen molar-refractivity contribution in [2.75, 3.05) is 18.5 Å². The zero-order valence-corrected chi connectivity index (χ0v) is 21.7. The van der Waals surface area contributed by atoms with E-state index >= 15 is 0 Å². The third kappa shape index (κ3) is 7.52. The third-order valence-electron chi connectivity index (χ3n) is 6.06. The van der Waals surface area contributed by atoms with E-state index in [1.54, 1.807) is 48.7 Å². The molecule has 10 heteroatoms. The molecule has 39 heavy (non-hydrogen) atoms. The highest BCUT2D eigenvalue weighted by atomic mass is 35.5. The Hall–Kier alpha value is -4.50. The van der Waals surface area contributed by atoms with Crippen LogP contribution in [0.4, 0.5) is 5.82 Å². The second-order valence-electron chi connectivity index (χ2n) is 8.86. The van der Waals surface area contributed by atoms with Crippen LogP contribution in [0.15, 0.2) is 90.1 Å². The molecule has 0 saturated carbocycles. The summed E-state index contributed by atoms with van der Waals surface area (Å²) in [6.45, 7) is 0.370. The summed E-state index contributed by atoms with van der Waals surface area (Å²) in [5.74, 6) is -1.63. The van der Waals surface area contributed by atoms with Gasteiger partial charge in [-0.05, 0) is 53.1 Å². The minimum atomic E-state index is -1.51. The first-order valence-corrected chi connectivity index (χ1v) is 12.6. The third-order valence-corrected chi connectivity index (χ3v) is 6.31. The Kier molecular flexibility index (Phi) is 9.06. The molecule has 1 aromatic heterocycles. The van der Waals surface area contributed by atoms with Gasteiger partial charge in [-0.25, -0.2) is 9.78 Å². The quantitative estimate of drug-likeness (QED) is 0.226. The lowest BCUT2D eigenvalue weighted by atomic mass is 9.95. The smallest absolute Gasteiger partial charge is 0.338 e. The predicted octanol–water partition coefficient (Wildman–Crippen LogP) is 4.46. The first-order valence-electron chi connectivity index (χ1n) is 12.3. The normalized spacial score (nSPS) is 16.4. The van der Waals surface area contributed by atoms with Crippen LogP contribution < -0.4 is 10.6 Å². The second kappa shape index (κ2) is 12.8. The SMILES string of the molecule is O=C(O)CC(NC(=O)CC1(C(=O)OCCNc2ccccn2)C=CC=N1)c1ccc(-c2ccc(Cl)cc2)cc1. The average Bonchev–Trinajstić information content (AvgIpc) is 3.41. The topological polar surface area (TPSA) is 130 Å². The maximum absolute atomic E-state index is 13.1. The highest BCUT2D eigenvalue weighted by molar-refractivity contribution is 6.30. The van der Waals surface area contributed by atoms with Crippen molar-refractivity contribution in [2.45, 2.75) is 24.4 Å². The van der Waals surface area contributed by atoms with Crippen LogP contribution in [0.3, 0.4) is 0 Å². The number of nitrogens with zero attached hydrogens (tertiary/aromatic N) is 2. The van der Waals surface area contributed by atoms with E-state index in [-0.39, 0.29) is 19.4 Å². The number of anilines is 1. The van der Waals surface area contributed by atoms with Crippen LogP contribution in [-0.4, -0.2) is 52.8 Å². The molecule has 9 nitrogen and oxygen atoms in total. The van der Waals surface area contributed by atoms with Gasteiger partial charge in [0.05, 0.1) is 25.4 Å². The second-order valence-corrected chi connectivity index (χ2v) is 9.30. The summed E-state index contributed by atoms with van der Waals surface area (Å²) in [6, 6.07) is 19.2. The van der Waals surface area contributed by atoms with Crippen LogP contribution in [0, 0.1) is 0 Å². The van der Waals surface area contributed by atoms with Gasteiger partial charge in [0, 0.05) is 17.4 Å². The van der Waals surface area contributed by atoms with Crippen molar-refractivity contribution < 1.29 is 24.2 Å². The molecule has 1 aliphatic rings. The molecule has 3 aromatic rings. The Morgan fingerprint density at radius 1 is 1.00 bits per heavy atom. The van der Waals surface area contributed by atoms with E-state index in [1.807, 2.05) is 30.3 Å². The maximum atomic E-state index is 13.1. The highest BCUT2D eigenvalue weighted by Gasteiger charge is 2.41. The van der Waals surface area contributed by atoms with Crippen LogP contribution in [0.5, 0.6) is 0 Å². The number of amides is 1. The molecule has 0 radical (unpaired) electrons. The van der Waals surface area contributed by atoms with Crippen molar-refractivity contribution >= 4 is 41.5 Å². The zero-order valence-electron chi connectivity index (χ0n) is 20.9. The molecule has 0 spiro atoms. The number of esters is 1. The number of pyridine rings is 1. The number of carbonyl (C=O) groups is 3. The summed E-state index contributed by atoms with van der Waals surface area (Å²) in [6.07, 6.45) is 5.50. The summed E-state index contributed by atoms with van der Waals surface area (Å²) >= 11 is 5.97. The fourth-order valence-electron chi connectivity index (χ4n) is 4.10. The summed E-state index contributed by atoms with van der Waals surface area (Å²) in [7, 11) is 0. The Morgan fingerprint density at radius 3 is 2.33 bits per heavy atom. The molecule has 1 amide bonds. The number of benzene rings is 2. The van der Waals surface area contributed by atoms with E-state index in [0.717, 1.165) is 11.1 Å². The molecule has 2 atom stereocenters. The number of carboxylic acid groups (broad SMARTS) is 1. The molecule has 200 valence electrons. The summed E-state index contributed by atoms with van der Waals surface area (Å²) in [5.41, 5.74) is 0.972. The first-order chi connectivity index (χ1) is 18.8. The number of rotatable bonds is 12. The standard InChI is InChI=1S/C29H27ClN4O5/c30-23-11-9-21(10-12-23)20-5-7-22(8-6-20)24(18-27(36)37)34-26(35)19-29(13-3-15-33-29)28(38)39-17-16-32-25-4-1-2-14-31-25/h1-15,24H,16-19H2,(H,31,32)(H,34,35)(H,36,37). The van der Waals surface area contributed by atoms with Gasteiger partial charge in [-0.1, -0.05) is 54.1 Å². The number of allylic oxidation sites excluding steroid dienone is 1. The van der Waals surface area contributed by atoms with Gasteiger partial charge in [0.25, 0.3) is 0 Å². The van der Waals surface area contributed by atoms with Gasteiger partial charge >= 0.3 is 11.9 Å². The number of ether oxygens (including phenoxy) is 1. The monoisotopic (exact) mass is 546 g/mol. The molecular weight excluding hydrogens is 520 g/mol. The van der Waals surface area contributed by atoms with Crippen LogP contribution >= 0.6 is 11.6 Å². The van der Waals surface area contributed by atoms with Gasteiger partial charge in [-0.15, -0.1) is 0 Å². The number of hydrogen-bond donors (Lipinski definition) is 3. The van der Waals surface area contributed by atoms with Crippen molar-refractivity contribution in [3.8, 4) is 11.1 Å². The Bertz CT molecular complexity index is 1350. The summed E-state index contributed by atoms with van der Waals surface area (Å²) in [5, 5.41) is 15.9. The number of carboxylic acids is 1. The molecule has 0 fully saturated rings. The number of halogens is 1. The van der Waals surface area contributed by atoms with Crippen molar-refractivity contribution in [1.82, 2.24) is 10.3 Å². The maximum Gasteiger partial charge on any atom is 0.338 e. The molecule has 1 aliphatic heterocycles. The van der Waals surface area contributed by atoms with Gasteiger partial charge < -0.3 is 20.5 Å². The zero-order chi connectivity index (χ0) is 27.7. The number of aliphatic imine (C=N–C) groups is 1.